The monoisotopic (exact) mass is 463 g/mol. The number of aliphatic hydroxyl groups is 2. The summed E-state index contributed by atoms with van der Waals surface area (Å²) < 4.78 is 28.8. The molecule has 0 unspecified atom stereocenters. The summed E-state index contributed by atoms with van der Waals surface area (Å²) >= 11 is 1.27. The molecular weight excluding hydrogens is 440 g/mol. The predicted octanol–water partition coefficient (Wildman–Crippen LogP) is 2.61. The van der Waals surface area contributed by atoms with Crippen LogP contribution in [0.15, 0.2) is 30.5 Å². The molecular formula is C21H23F2N5O3S. The number of amides is 2. The molecule has 170 valence electrons. The Morgan fingerprint density at radius 2 is 2.16 bits per heavy atom. The zero-order valence-electron chi connectivity index (χ0n) is 17.3. The topological polar surface area (TPSA) is 102 Å². The van der Waals surface area contributed by atoms with Crippen LogP contribution in [0.25, 0.3) is 10.2 Å². The molecule has 0 radical (unpaired) electrons. The van der Waals surface area contributed by atoms with E-state index in [9.17, 15) is 18.7 Å². The van der Waals surface area contributed by atoms with Crippen molar-refractivity contribution in [2.45, 2.75) is 25.5 Å². The normalized spacial score (nSPS) is 17.6. The van der Waals surface area contributed by atoms with Gasteiger partial charge in [0.05, 0.1) is 22.9 Å². The SMILES string of the molecule is C[C@H]1CN(C(=O)Nc2nc3cc(F)ccc3s2)CCN1c1ncc(C[C@H](O)CO)cc1F. The molecule has 3 N–H and O–H groups in total. The minimum atomic E-state index is -0.961. The number of fused-ring (bicyclic) bond motifs is 1. The van der Waals surface area contributed by atoms with Crippen LogP contribution in [-0.2, 0) is 6.42 Å². The first-order chi connectivity index (χ1) is 15.3. The zero-order chi connectivity index (χ0) is 22.8. The average Bonchev–Trinajstić information content (AvgIpc) is 3.15. The van der Waals surface area contributed by atoms with E-state index in [0.29, 0.717) is 35.8 Å². The molecule has 8 nitrogen and oxygen atoms in total. The van der Waals surface area contributed by atoms with E-state index in [-0.39, 0.29) is 30.1 Å². The molecule has 4 rings (SSSR count). The molecule has 3 heterocycles. The van der Waals surface area contributed by atoms with E-state index in [2.05, 4.69) is 15.3 Å². The lowest BCUT2D eigenvalue weighted by Crippen LogP contribution is -2.55. The van der Waals surface area contributed by atoms with E-state index in [1.165, 1.54) is 35.7 Å². The molecule has 2 amide bonds. The van der Waals surface area contributed by atoms with Gasteiger partial charge >= 0.3 is 6.03 Å². The number of piperazine rings is 1. The van der Waals surface area contributed by atoms with Gasteiger partial charge in [0, 0.05) is 44.4 Å². The Balaban J connectivity index is 1.39. The van der Waals surface area contributed by atoms with E-state index < -0.39 is 18.5 Å². The number of pyridine rings is 1. The van der Waals surface area contributed by atoms with Crippen molar-refractivity contribution in [2.75, 3.05) is 36.5 Å². The van der Waals surface area contributed by atoms with Crippen molar-refractivity contribution in [3.63, 3.8) is 0 Å². The summed E-state index contributed by atoms with van der Waals surface area (Å²) in [6.45, 7) is 2.59. The van der Waals surface area contributed by atoms with Gasteiger partial charge in [-0.2, -0.15) is 0 Å². The maximum atomic E-state index is 14.7. The standard InChI is InChI=1S/C21H23F2N5O3S/c1-12-10-27(21(31)26-20-25-17-8-14(22)2-3-18(17)32-20)4-5-28(12)19-16(23)7-13(9-24-19)6-15(30)11-29/h2-3,7-9,12,15,29-30H,4-6,10-11H2,1H3,(H,25,26,31)/t12-,15-/m0/s1. The molecule has 1 saturated heterocycles. The van der Waals surface area contributed by atoms with Crippen molar-refractivity contribution in [3.8, 4) is 0 Å². The van der Waals surface area contributed by atoms with Crippen LogP contribution in [0.4, 0.5) is 24.5 Å². The van der Waals surface area contributed by atoms with Crippen molar-refractivity contribution < 1.29 is 23.8 Å². The lowest BCUT2D eigenvalue weighted by Gasteiger charge is -2.40. The second-order valence-corrected chi connectivity index (χ2v) is 8.77. The van der Waals surface area contributed by atoms with Crippen molar-refractivity contribution in [1.82, 2.24) is 14.9 Å². The second-order valence-electron chi connectivity index (χ2n) is 7.74. The maximum Gasteiger partial charge on any atom is 0.323 e. The first kappa shape index (κ1) is 22.3. The molecule has 1 aromatic carbocycles. The van der Waals surface area contributed by atoms with Gasteiger partial charge in [-0.1, -0.05) is 11.3 Å². The third-order valence-electron chi connectivity index (χ3n) is 5.31. The fourth-order valence-corrected chi connectivity index (χ4v) is 4.55. The summed E-state index contributed by atoms with van der Waals surface area (Å²) in [6, 6.07) is 5.09. The highest BCUT2D eigenvalue weighted by Gasteiger charge is 2.29. The fraction of sp³-hybridized carbons (Fsp3) is 0.381. The van der Waals surface area contributed by atoms with Gasteiger partial charge < -0.3 is 20.0 Å². The highest BCUT2D eigenvalue weighted by atomic mass is 32.1. The van der Waals surface area contributed by atoms with Crippen molar-refractivity contribution in [2.24, 2.45) is 0 Å². The third-order valence-corrected chi connectivity index (χ3v) is 6.26. The number of aliphatic hydroxyl groups excluding tert-OH is 2. The number of nitrogens with zero attached hydrogens (tertiary/aromatic N) is 4. The number of carbonyl (C=O) groups is 1. The number of hydrogen-bond donors (Lipinski definition) is 3. The molecule has 11 heteroatoms. The van der Waals surface area contributed by atoms with Gasteiger partial charge in [0.15, 0.2) is 16.8 Å². The summed E-state index contributed by atoms with van der Waals surface area (Å²) in [5.74, 6) is -0.712. The van der Waals surface area contributed by atoms with Gasteiger partial charge in [-0.25, -0.2) is 23.5 Å². The number of thiazole rings is 1. The number of anilines is 2. The van der Waals surface area contributed by atoms with Crippen molar-refractivity contribution in [1.29, 1.82) is 0 Å². The third kappa shape index (κ3) is 4.79. The molecule has 2 atom stereocenters. The zero-order valence-corrected chi connectivity index (χ0v) is 18.1. The van der Waals surface area contributed by atoms with Crippen molar-refractivity contribution in [3.05, 3.63) is 47.7 Å². The van der Waals surface area contributed by atoms with Gasteiger partial charge in [0.1, 0.15) is 5.82 Å². The van der Waals surface area contributed by atoms with Crippen molar-refractivity contribution >= 4 is 38.5 Å². The summed E-state index contributed by atoms with van der Waals surface area (Å²) in [5.41, 5.74) is 0.981. The minimum Gasteiger partial charge on any atom is -0.394 e. The molecule has 3 aromatic rings. The maximum absolute atomic E-state index is 14.7. The van der Waals surface area contributed by atoms with E-state index >= 15 is 0 Å². The Labute approximate surface area is 187 Å². The molecule has 2 aromatic heterocycles. The first-order valence-corrected chi connectivity index (χ1v) is 11.0. The molecule has 32 heavy (non-hydrogen) atoms. The highest BCUT2D eigenvalue weighted by molar-refractivity contribution is 7.22. The Kier molecular flexibility index (Phi) is 6.49. The number of benzene rings is 1. The smallest absolute Gasteiger partial charge is 0.323 e. The molecule has 1 fully saturated rings. The summed E-state index contributed by atoms with van der Waals surface area (Å²) in [6.07, 6.45) is 0.638. The number of aromatic nitrogens is 2. The fourth-order valence-electron chi connectivity index (χ4n) is 3.71. The summed E-state index contributed by atoms with van der Waals surface area (Å²) in [7, 11) is 0. The van der Waals surface area contributed by atoms with E-state index in [0.717, 1.165) is 4.70 Å². The number of nitrogens with one attached hydrogen (secondary N) is 1. The van der Waals surface area contributed by atoms with Gasteiger partial charge in [-0.15, -0.1) is 0 Å². The lowest BCUT2D eigenvalue weighted by molar-refractivity contribution is 0.0954. The van der Waals surface area contributed by atoms with E-state index in [1.54, 1.807) is 15.9 Å². The highest BCUT2D eigenvalue weighted by Crippen LogP contribution is 2.27. The van der Waals surface area contributed by atoms with Crippen LogP contribution in [-0.4, -0.2) is 69.5 Å². The Morgan fingerprint density at radius 1 is 1.34 bits per heavy atom. The van der Waals surface area contributed by atoms with E-state index in [1.807, 2.05) is 6.92 Å². The van der Waals surface area contributed by atoms with Crippen LogP contribution in [0.1, 0.15) is 12.5 Å². The van der Waals surface area contributed by atoms with Crippen LogP contribution in [0, 0.1) is 11.6 Å². The van der Waals surface area contributed by atoms with Crippen LogP contribution in [0.5, 0.6) is 0 Å². The molecule has 1 aliphatic rings. The molecule has 0 saturated carbocycles. The first-order valence-electron chi connectivity index (χ1n) is 10.2. The Bertz CT molecular complexity index is 1130. The number of carbonyl (C=O) groups excluding carboxylic acids is 1. The largest absolute Gasteiger partial charge is 0.394 e. The van der Waals surface area contributed by atoms with Gasteiger partial charge in [-0.3, -0.25) is 5.32 Å². The quantitative estimate of drug-likeness (QED) is 0.538. The van der Waals surface area contributed by atoms with Crippen LogP contribution < -0.4 is 10.2 Å². The van der Waals surface area contributed by atoms with Gasteiger partial charge in [0.25, 0.3) is 0 Å². The van der Waals surface area contributed by atoms with Crippen LogP contribution in [0.2, 0.25) is 0 Å². The average molecular weight is 464 g/mol. The summed E-state index contributed by atoms with van der Waals surface area (Å²) in [4.78, 5) is 24.6. The number of halogens is 2. The Morgan fingerprint density at radius 3 is 2.88 bits per heavy atom. The van der Waals surface area contributed by atoms with E-state index in [4.69, 9.17) is 5.11 Å². The van der Waals surface area contributed by atoms with Crippen LogP contribution in [0.3, 0.4) is 0 Å². The molecule has 0 spiro atoms. The molecule has 0 bridgehead atoms. The molecule has 1 aliphatic heterocycles. The number of urea groups is 1. The minimum absolute atomic E-state index is 0.114. The lowest BCUT2D eigenvalue weighted by atomic mass is 10.1. The Hall–Kier alpha value is -2.89. The van der Waals surface area contributed by atoms with Gasteiger partial charge in [0.2, 0.25) is 0 Å². The number of hydrogen-bond acceptors (Lipinski definition) is 7. The number of rotatable bonds is 5. The van der Waals surface area contributed by atoms with Crippen LogP contribution >= 0.6 is 11.3 Å². The second kappa shape index (κ2) is 9.31. The predicted molar refractivity (Wildman–Crippen MR) is 118 cm³/mol. The van der Waals surface area contributed by atoms with Gasteiger partial charge in [-0.05, 0) is 30.7 Å². The molecule has 0 aliphatic carbocycles. The summed E-state index contributed by atoms with van der Waals surface area (Å²) in [5, 5.41) is 21.6.